The number of nitrogens with one attached hydrogen (secondary N) is 1. The second-order valence-corrected chi connectivity index (χ2v) is 4.73. The molecule has 2 N–H and O–H groups in total. The molecule has 1 heterocycles. The van der Waals surface area contributed by atoms with E-state index < -0.39 is 5.97 Å². The Hall–Kier alpha value is -0.610. The van der Waals surface area contributed by atoms with E-state index in [9.17, 15) is 4.79 Å². The van der Waals surface area contributed by atoms with Gasteiger partial charge in [-0.15, -0.1) is 0 Å². The maximum absolute atomic E-state index is 11.1. The van der Waals surface area contributed by atoms with E-state index >= 15 is 0 Å². The molecule has 1 saturated heterocycles. The van der Waals surface area contributed by atoms with Crippen molar-refractivity contribution in [2.45, 2.75) is 25.8 Å². The highest BCUT2D eigenvalue weighted by atomic mass is 16.4. The van der Waals surface area contributed by atoms with Crippen molar-refractivity contribution in [1.29, 1.82) is 0 Å². The summed E-state index contributed by atoms with van der Waals surface area (Å²) < 4.78 is 0. The predicted molar refractivity (Wildman–Crippen MR) is 59.9 cm³/mol. The summed E-state index contributed by atoms with van der Waals surface area (Å²) in [6, 6.07) is 0.154. The van der Waals surface area contributed by atoms with Crippen molar-refractivity contribution in [3.05, 3.63) is 0 Å². The van der Waals surface area contributed by atoms with Gasteiger partial charge in [-0.1, -0.05) is 6.92 Å². The molecule has 1 fully saturated rings. The first-order valence-corrected chi connectivity index (χ1v) is 5.65. The molecule has 0 aliphatic carbocycles. The third-order valence-electron chi connectivity index (χ3n) is 3.12. The highest BCUT2D eigenvalue weighted by molar-refractivity contribution is 5.71. The van der Waals surface area contributed by atoms with Gasteiger partial charge in [0, 0.05) is 12.6 Å². The van der Waals surface area contributed by atoms with Crippen molar-refractivity contribution in [2.24, 2.45) is 11.8 Å². The maximum Gasteiger partial charge on any atom is 0.308 e. The molecule has 0 bridgehead atoms. The summed E-state index contributed by atoms with van der Waals surface area (Å²) in [6.07, 6.45) is 1.70. The van der Waals surface area contributed by atoms with E-state index in [2.05, 4.69) is 10.2 Å². The van der Waals surface area contributed by atoms with Crippen LogP contribution in [0.25, 0.3) is 0 Å². The molecule has 0 amide bonds. The molecule has 15 heavy (non-hydrogen) atoms. The van der Waals surface area contributed by atoms with Crippen molar-refractivity contribution in [2.75, 3.05) is 27.2 Å². The highest BCUT2D eigenvalue weighted by Crippen LogP contribution is 2.23. The van der Waals surface area contributed by atoms with Gasteiger partial charge in [0.2, 0.25) is 0 Å². The number of carboxylic acid groups (broad SMARTS) is 1. The fraction of sp³-hybridized carbons (Fsp3) is 0.909. The van der Waals surface area contributed by atoms with Crippen LogP contribution in [-0.2, 0) is 4.79 Å². The van der Waals surface area contributed by atoms with Crippen LogP contribution in [0.3, 0.4) is 0 Å². The second-order valence-electron chi connectivity index (χ2n) is 4.73. The van der Waals surface area contributed by atoms with Crippen LogP contribution in [0, 0.1) is 11.8 Å². The van der Waals surface area contributed by atoms with Crippen molar-refractivity contribution in [1.82, 2.24) is 10.2 Å². The first-order valence-electron chi connectivity index (χ1n) is 5.65. The number of carbonyl (C=O) groups is 1. The molecule has 1 aliphatic rings. The molecule has 3 unspecified atom stereocenters. The van der Waals surface area contributed by atoms with Crippen molar-refractivity contribution in [3.63, 3.8) is 0 Å². The van der Waals surface area contributed by atoms with Gasteiger partial charge in [-0.3, -0.25) is 4.79 Å². The lowest BCUT2D eigenvalue weighted by Crippen LogP contribution is -2.49. The summed E-state index contributed by atoms with van der Waals surface area (Å²) in [5, 5.41) is 12.5. The Balaban J connectivity index is 2.54. The van der Waals surface area contributed by atoms with Gasteiger partial charge in [-0.25, -0.2) is 0 Å². The molecule has 1 rings (SSSR count). The average Bonchev–Trinajstić information content (AvgIpc) is 2.16. The van der Waals surface area contributed by atoms with Crippen molar-refractivity contribution in [3.8, 4) is 0 Å². The fourth-order valence-electron chi connectivity index (χ4n) is 2.42. The normalized spacial score (nSPS) is 31.9. The van der Waals surface area contributed by atoms with Crippen LogP contribution in [0.1, 0.15) is 19.8 Å². The predicted octanol–water partition coefficient (Wildman–Crippen LogP) is 0.637. The van der Waals surface area contributed by atoms with Gasteiger partial charge in [0.25, 0.3) is 0 Å². The summed E-state index contributed by atoms with van der Waals surface area (Å²) in [5.74, 6) is -0.407. The molecule has 0 aromatic carbocycles. The van der Waals surface area contributed by atoms with E-state index in [1.165, 1.54) is 0 Å². The third-order valence-corrected chi connectivity index (χ3v) is 3.12. The Kier molecular flexibility index (Phi) is 4.54. The average molecular weight is 214 g/mol. The molecule has 3 atom stereocenters. The number of aliphatic carboxylic acids is 1. The van der Waals surface area contributed by atoms with Crippen LogP contribution >= 0.6 is 0 Å². The Morgan fingerprint density at radius 2 is 2.20 bits per heavy atom. The second kappa shape index (κ2) is 5.47. The molecule has 0 spiro atoms. The molecular weight excluding hydrogens is 192 g/mol. The summed E-state index contributed by atoms with van der Waals surface area (Å²) in [7, 11) is 4.06. The van der Waals surface area contributed by atoms with Crippen molar-refractivity contribution >= 4 is 5.97 Å². The van der Waals surface area contributed by atoms with E-state index in [0.717, 1.165) is 25.9 Å². The summed E-state index contributed by atoms with van der Waals surface area (Å²) in [5.41, 5.74) is 0. The summed E-state index contributed by atoms with van der Waals surface area (Å²) >= 11 is 0. The quantitative estimate of drug-likeness (QED) is 0.721. The number of hydrogen-bond acceptors (Lipinski definition) is 3. The van der Waals surface area contributed by atoms with Gasteiger partial charge in [0.1, 0.15) is 0 Å². The molecule has 88 valence electrons. The minimum absolute atomic E-state index is 0.154. The molecule has 1 aliphatic heterocycles. The minimum Gasteiger partial charge on any atom is -0.481 e. The molecule has 0 aromatic rings. The van der Waals surface area contributed by atoms with E-state index in [0.29, 0.717) is 5.92 Å². The zero-order chi connectivity index (χ0) is 11.4. The number of rotatable bonds is 4. The molecule has 0 aromatic heterocycles. The van der Waals surface area contributed by atoms with Crippen LogP contribution in [0.2, 0.25) is 0 Å². The van der Waals surface area contributed by atoms with E-state index in [4.69, 9.17) is 5.11 Å². The molecule has 4 heteroatoms. The number of carboxylic acids is 1. The van der Waals surface area contributed by atoms with Gasteiger partial charge >= 0.3 is 5.97 Å². The maximum atomic E-state index is 11.1. The van der Waals surface area contributed by atoms with Gasteiger partial charge in [-0.05, 0) is 39.4 Å². The van der Waals surface area contributed by atoms with E-state index in [1.807, 2.05) is 21.0 Å². The lowest BCUT2D eigenvalue weighted by Gasteiger charge is -2.35. The molecule has 0 radical (unpaired) electrons. The zero-order valence-corrected chi connectivity index (χ0v) is 9.86. The van der Waals surface area contributed by atoms with Gasteiger partial charge < -0.3 is 15.3 Å². The molecule has 4 nitrogen and oxygen atoms in total. The standard InChI is InChI=1S/C11H22N2O2/c1-4-10-9(11(14)15)5-8(6-12-10)7-13(2)3/h8-10,12H,4-7H2,1-3H3,(H,14,15). The van der Waals surface area contributed by atoms with Crippen LogP contribution < -0.4 is 5.32 Å². The molecule has 0 saturated carbocycles. The minimum atomic E-state index is -0.655. The van der Waals surface area contributed by atoms with Gasteiger partial charge in [0.15, 0.2) is 0 Å². The number of piperidine rings is 1. The summed E-state index contributed by atoms with van der Waals surface area (Å²) in [4.78, 5) is 13.2. The largest absolute Gasteiger partial charge is 0.481 e. The SMILES string of the molecule is CCC1NCC(CN(C)C)CC1C(=O)O. The first-order chi connectivity index (χ1) is 7.04. The van der Waals surface area contributed by atoms with Crippen molar-refractivity contribution < 1.29 is 9.90 Å². The Morgan fingerprint density at radius 1 is 1.53 bits per heavy atom. The Morgan fingerprint density at radius 3 is 2.67 bits per heavy atom. The number of nitrogens with zero attached hydrogens (tertiary/aromatic N) is 1. The molecular formula is C11H22N2O2. The topological polar surface area (TPSA) is 52.6 Å². The Labute approximate surface area is 91.6 Å². The van der Waals surface area contributed by atoms with E-state index in [1.54, 1.807) is 0 Å². The zero-order valence-electron chi connectivity index (χ0n) is 9.86. The van der Waals surface area contributed by atoms with Gasteiger partial charge in [0.05, 0.1) is 5.92 Å². The fourth-order valence-corrected chi connectivity index (χ4v) is 2.42. The Bertz CT molecular complexity index is 219. The summed E-state index contributed by atoms with van der Waals surface area (Å²) in [6.45, 7) is 3.95. The number of hydrogen-bond donors (Lipinski definition) is 2. The monoisotopic (exact) mass is 214 g/mol. The van der Waals surface area contributed by atoms with Gasteiger partial charge in [-0.2, -0.15) is 0 Å². The van der Waals surface area contributed by atoms with Crippen LogP contribution in [0.4, 0.5) is 0 Å². The van der Waals surface area contributed by atoms with E-state index in [-0.39, 0.29) is 12.0 Å². The third kappa shape index (κ3) is 3.47. The van der Waals surface area contributed by atoms with Crippen LogP contribution in [0.5, 0.6) is 0 Å². The highest BCUT2D eigenvalue weighted by Gasteiger charge is 2.33. The van der Waals surface area contributed by atoms with Crippen LogP contribution in [0.15, 0.2) is 0 Å². The smallest absolute Gasteiger partial charge is 0.308 e. The lowest BCUT2D eigenvalue weighted by molar-refractivity contribution is -0.144. The first kappa shape index (κ1) is 12.5. The lowest BCUT2D eigenvalue weighted by atomic mass is 9.83. The van der Waals surface area contributed by atoms with Crippen LogP contribution in [-0.4, -0.2) is 49.2 Å².